The van der Waals surface area contributed by atoms with E-state index in [2.05, 4.69) is 5.32 Å². The smallest absolute Gasteiger partial charge is 0.308 e. The molecule has 0 aromatic heterocycles. The molecule has 1 amide bonds. The van der Waals surface area contributed by atoms with E-state index >= 15 is 0 Å². The van der Waals surface area contributed by atoms with Crippen molar-refractivity contribution < 1.29 is 14.7 Å². The molecule has 0 bridgehead atoms. The molecule has 1 saturated carbocycles. The third kappa shape index (κ3) is 2.72. The molecular formula is C9H15NO3. The highest BCUT2D eigenvalue weighted by molar-refractivity contribution is 5.71. The Bertz CT molecular complexity index is 193. The van der Waals surface area contributed by atoms with Crippen LogP contribution in [0.2, 0.25) is 0 Å². The van der Waals surface area contributed by atoms with Crippen molar-refractivity contribution in [3.63, 3.8) is 0 Å². The standard InChI is InChI=1S/C9H15NO3/c11-6-10-8-5-3-1-2-4-7(8)9(12)13/h6-8H,1-5H2,(H,10,11)(H,12,13). The van der Waals surface area contributed by atoms with E-state index in [1.54, 1.807) is 0 Å². The molecule has 1 aliphatic rings. The van der Waals surface area contributed by atoms with Crippen molar-refractivity contribution in [1.29, 1.82) is 0 Å². The zero-order valence-electron chi connectivity index (χ0n) is 7.53. The number of hydrogen-bond donors (Lipinski definition) is 2. The predicted molar refractivity (Wildman–Crippen MR) is 47.2 cm³/mol. The first-order valence-corrected chi connectivity index (χ1v) is 4.68. The Morgan fingerprint density at radius 1 is 1.31 bits per heavy atom. The van der Waals surface area contributed by atoms with Gasteiger partial charge in [-0.3, -0.25) is 9.59 Å². The van der Waals surface area contributed by atoms with Crippen LogP contribution in [0.25, 0.3) is 0 Å². The van der Waals surface area contributed by atoms with Crippen LogP contribution >= 0.6 is 0 Å². The Balaban J connectivity index is 2.60. The number of carboxylic acids is 1. The van der Waals surface area contributed by atoms with Crippen LogP contribution in [0, 0.1) is 5.92 Å². The van der Waals surface area contributed by atoms with Gasteiger partial charge in [0.25, 0.3) is 0 Å². The first-order valence-electron chi connectivity index (χ1n) is 4.68. The van der Waals surface area contributed by atoms with Crippen LogP contribution < -0.4 is 5.32 Å². The van der Waals surface area contributed by atoms with Crippen molar-refractivity contribution in [3.8, 4) is 0 Å². The zero-order valence-corrected chi connectivity index (χ0v) is 7.53. The largest absolute Gasteiger partial charge is 0.481 e. The van der Waals surface area contributed by atoms with Crippen LogP contribution in [0.4, 0.5) is 0 Å². The first-order chi connectivity index (χ1) is 6.25. The topological polar surface area (TPSA) is 66.4 Å². The number of aliphatic carboxylic acids is 1. The summed E-state index contributed by atoms with van der Waals surface area (Å²) in [5.41, 5.74) is 0. The molecule has 0 radical (unpaired) electrons. The van der Waals surface area contributed by atoms with Crippen LogP contribution in [0.3, 0.4) is 0 Å². The zero-order chi connectivity index (χ0) is 9.68. The Morgan fingerprint density at radius 2 is 2.00 bits per heavy atom. The molecule has 2 unspecified atom stereocenters. The van der Waals surface area contributed by atoms with E-state index in [0.717, 1.165) is 25.7 Å². The van der Waals surface area contributed by atoms with Crippen LogP contribution in [-0.2, 0) is 9.59 Å². The third-order valence-corrected chi connectivity index (χ3v) is 2.62. The molecule has 13 heavy (non-hydrogen) atoms. The summed E-state index contributed by atoms with van der Waals surface area (Å²) in [6, 6.07) is -0.169. The molecule has 4 nitrogen and oxygen atoms in total. The summed E-state index contributed by atoms with van der Waals surface area (Å²) >= 11 is 0. The minimum atomic E-state index is -0.791. The van der Waals surface area contributed by atoms with E-state index in [-0.39, 0.29) is 6.04 Å². The van der Waals surface area contributed by atoms with Gasteiger partial charge in [-0.15, -0.1) is 0 Å². The maximum Gasteiger partial charge on any atom is 0.308 e. The summed E-state index contributed by atoms with van der Waals surface area (Å²) in [6.07, 6.45) is 5.10. The molecule has 1 fully saturated rings. The number of carboxylic acid groups (broad SMARTS) is 1. The number of hydrogen-bond acceptors (Lipinski definition) is 2. The van der Waals surface area contributed by atoms with E-state index in [1.807, 2.05) is 0 Å². The molecule has 0 spiro atoms. The van der Waals surface area contributed by atoms with Gasteiger partial charge < -0.3 is 10.4 Å². The molecule has 0 heterocycles. The molecule has 0 aromatic carbocycles. The Morgan fingerprint density at radius 3 is 2.62 bits per heavy atom. The van der Waals surface area contributed by atoms with Crippen LogP contribution in [0.15, 0.2) is 0 Å². The fraction of sp³-hybridized carbons (Fsp3) is 0.778. The van der Waals surface area contributed by atoms with Crippen molar-refractivity contribution in [3.05, 3.63) is 0 Å². The van der Waals surface area contributed by atoms with Crippen LogP contribution in [-0.4, -0.2) is 23.5 Å². The maximum absolute atomic E-state index is 10.8. The molecular weight excluding hydrogens is 170 g/mol. The van der Waals surface area contributed by atoms with Crippen molar-refractivity contribution in [2.45, 2.75) is 38.1 Å². The van der Waals surface area contributed by atoms with Crippen molar-refractivity contribution in [2.75, 3.05) is 0 Å². The minimum absolute atomic E-state index is 0.169. The summed E-state index contributed by atoms with van der Waals surface area (Å²) in [6.45, 7) is 0. The summed E-state index contributed by atoms with van der Waals surface area (Å²) in [7, 11) is 0. The number of carbonyl (C=O) groups excluding carboxylic acids is 1. The Labute approximate surface area is 77.3 Å². The summed E-state index contributed by atoms with van der Waals surface area (Å²) in [4.78, 5) is 21.1. The second kappa shape index (κ2) is 4.84. The SMILES string of the molecule is O=CNC1CCCCCC1C(=O)O. The van der Waals surface area contributed by atoms with Gasteiger partial charge in [-0.25, -0.2) is 0 Å². The average Bonchev–Trinajstić information content (AvgIpc) is 2.30. The Kier molecular flexibility index (Phi) is 3.73. The van der Waals surface area contributed by atoms with E-state index in [9.17, 15) is 9.59 Å². The van der Waals surface area contributed by atoms with E-state index in [4.69, 9.17) is 5.11 Å². The van der Waals surface area contributed by atoms with Gasteiger partial charge >= 0.3 is 5.97 Å². The first kappa shape index (κ1) is 10.0. The van der Waals surface area contributed by atoms with Gasteiger partial charge in [0.05, 0.1) is 5.92 Å². The lowest BCUT2D eigenvalue weighted by Crippen LogP contribution is -2.38. The van der Waals surface area contributed by atoms with E-state index in [0.29, 0.717) is 12.8 Å². The fourth-order valence-corrected chi connectivity index (χ4v) is 1.89. The lowest BCUT2D eigenvalue weighted by Gasteiger charge is -2.20. The van der Waals surface area contributed by atoms with E-state index in [1.165, 1.54) is 0 Å². The van der Waals surface area contributed by atoms with Gasteiger partial charge in [0.15, 0.2) is 0 Å². The number of carbonyl (C=O) groups is 2. The molecule has 0 aromatic rings. The normalized spacial score (nSPS) is 28.9. The quantitative estimate of drug-likeness (QED) is 0.504. The van der Waals surface area contributed by atoms with Gasteiger partial charge in [-0.2, -0.15) is 0 Å². The van der Waals surface area contributed by atoms with Crippen molar-refractivity contribution in [2.24, 2.45) is 5.92 Å². The second-order valence-electron chi connectivity index (χ2n) is 3.47. The highest BCUT2D eigenvalue weighted by Gasteiger charge is 2.28. The van der Waals surface area contributed by atoms with Crippen molar-refractivity contribution >= 4 is 12.4 Å². The maximum atomic E-state index is 10.8. The lowest BCUT2D eigenvalue weighted by molar-refractivity contribution is -0.143. The summed E-state index contributed by atoms with van der Waals surface area (Å²) in [5, 5.41) is 11.5. The minimum Gasteiger partial charge on any atom is -0.481 e. The highest BCUT2D eigenvalue weighted by atomic mass is 16.4. The summed E-state index contributed by atoms with van der Waals surface area (Å²) < 4.78 is 0. The van der Waals surface area contributed by atoms with Gasteiger partial charge in [0.2, 0.25) is 6.41 Å². The fourth-order valence-electron chi connectivity index (χ4n) is 1.89. The molecule has 1 aliphatic carbocycles. The lowest BCUT2D eigenvalue weighted by atomic mass is 9.95. The molecule has 0 saturated heterocycles. The monoisotopic (exact) mass is 185 g/mol. The van der Waals surface area contributed by atoms with Gasteiger partial charge in [-0.05, 0) is 12.8 Å². The third-order valence-electron chi connectivity index (χ3n) is 2.62. The number of rotatable bonds is 3. The average molecular weight is 185 g/mol. The molecule has 2 atom stereocenters. The van der Waals surface area contributed by atoms with Gasteiger partial charge in [0, 0.05) is 6.04 Å². The number of nitrogens with one attached hydrogen (secondary N) is 1. The summed E-state index contributed by atoms with van der Waals surface area (Å²) in [5.74, 6) is -1.19. The van der Waals surface area contributed by atoms with Gasteiger partial charge in [-0.1, -0.05) is 19.3 Å². The number of amides is 1. The van der Waals surface area contributed by atoms with Crippen LogP contribution in [0.1, 0.15) is 32.1 Å². The Hall–Kier alpha value is -1.06. The highest BCUT2D eigenvalue weighted by Crippen LogP contribution is 2.23. The van der Waals surface area contributed by atoms with Crippen LogP contribution in [0.5, 0.6) is 0 Å². The molecule has 74 valence electrons. The molecule has 1 rings (SSSR count). The predicted octanol–water partition coefficient (Wildman–Crippen LogP) is 0.766. The van der Waals surface area contributed by atoms with Crippen molar-refractivity contribution in [1.82, 2.24) is 5.32 Å². The van der Waals surface area contributed by atoms with Gasteiger partial charge in [0.1, 0.15) is 0 Å². The molecule has 4 heteroatoms. The molecule has 0 aliphatic heterocycles. The van der Waals surface area contributed by atoms with E-state index < -0.39 is 11.9 Å². The second-order valence-corrected chi connectivity index (χ2v) is 3.47. The molecule has 2 N–H and O–H groups in total.